The van der Waals surface area contributed by atoms with Crippen LogP contribution in [-0.2, 0) is 16.1 Å². The van der Waals surface area contributed by atoms with Gasteiger partial charge in [-0.15, -0.1) is 0 Å². The third-order valence-electron chi connectivity index (χ3n) is 3.68. The SMILES string of the molecule is O=CC1(COCc2cccc(Oc3ccccc3)c2)CC1. The summed E-state index contributed by atoms with van der Waals surface area (Å²) in [6, 6.07) is 17.5. The van der Waals surface area contributed by atoms with E-state index in [9.17, 15) is 4.79 Å². The number of hydrogen-bond donors (Lipinski definition) is 0. The minimum Gasteiger partial charge on any atom is -0.457 e. The van der Waals surface area contributed by atoms with Crippen molar-refractivity contribution >= 4 is 6.29 Å². The van der Waals surface area contributed by atoms with Crippen LogP contribution in [0, 0.1) is 5.41 Å². The Kier molecular flexibility index (Phi) is 4.02. The second kappa shape index (κ2) is 6.10. The zero-order chi connectivity index (χ0) is 14.5. The van der Waals surface area contributed by atoms with E-state index in [0.717, 1.165) is 36.2 Å². The fourth-order valence-electron chi connectivity index (χ4n) is 2.15. The van der Waals surface area contributed by atoms with Gasteiger partial charge in [-0.25, -0.2) is 0 Å². The average Bonchev–Trinajstić information content (AvgIpc) is 3.29. The molecule has 0 N–H and O–H groups in total. The molecule has 3 rings (SSSR count). The van der Waals surface area contributed by atoms with Crippen molar-refractivity contribution < 1.29 is 14.3 Å². The van der Waals surface area contributed by atoms with Crippen molar-refractivity contribution in [3.63, 3.8) is 0 Å². The molecule has 3 heteroatoms. The van der Waals surface area contributed by atoms with Gasteiger partial charge in [0, 0.05) is 5.41 Å². The minimum absolute atomic E-state index is 0.196. The van der Waals surface area contributed by atoms with Crippen LogP contribution in [0.25, 0.3) is 0 Å². The van der Waals surface area contributed by atoms with Crippen LogP contribution in [0.4, 0.5) is 0 Å². The molecule has 1 aliphatic rings. The van der Waals surface area contributed by atoms with Crippen LogP contribution < -0.4 is 4.74 Å². The summed E-state index contributed by atoms with van der Waals surface area (Å²) in [4.78, 5) is 10.9. The molecule has 0 atom stereocenters. The number of rotatable bonds is 7. The van der Waals surface area contributed by atoms with Gasteiger partial charge in [0.2, 0.25) is 0 Å². The van der Waals surface area contributed by atoms with E-state index < -0.39 is 0 Å². The molecule has 0 unspecified atom stereocenters. The Balaban J connectivity index is 1.57. The summed E-state index contributed by atoms with van der Waals surface area (Å²) in [5.41, 5.74) is 0.850. The Morgan fingerprint density at radius 1 is 1.00 bits per heavy atom. The molecule has 21 heavy (non-hydrogen) atoms. The van der Waals surface area contributed by atoms with E-state index in [1.54, 1.807) is 0 Å². The molecular weight excluding hydrogens is 264 g/mol. The summed E-state index contributed by atoms with van der Waals surface area (Å²) in [6.45, 7) is 1.02. The average molecular weight is 282 g/mol. The van der Waals surface area contributed by atoms with Crippen molar-refractivity contribution in [3.05, 3.63) is 60.2 Å². The van der Waals surface area contributed by atoms with E-state index in [1.165, 1.54) is 0 Å². The Hall–Kier alpha value is -2.13. The van der Waals surface area contributed by atoms with E-state index in [0.29, 0.717) is 13.2 Å². The maximum absolute atomic E-state index is 10.9. The second-order valence-corrected chi connectivity index (χ2v) is 5.54. The zero-order valence-corrected chi connectivity index (χ0v) is 11.8. The molecule has 0 radical (unpaired) electrons. The van der Waals surface area contributed by atoms with Crippen LogP contribution in [0.1, 0.15) is 18.4 Å². The van der Waals surface area contributed by atoms with Crippen molar-refractivity contribution in [3.8, 4) is 11.5 Å². The molecule has 1 aliphatic carbocycles. The van der Waals surface area contributed by atoms with Gasteiger partial charge in [0.25, 0.3) is 0 Å². The molecule has 108 valence electrons. The summed E-state index contributed by atoms with van der Waals surface area (Å²) in [5.74, 6) is 1.60. The standard InChI is InChI=1S/C18H18O3/c19-13-18(9-10-18)14-20-12-15-5-4-8-17(11-15)21-16-6-2-1-3-7-16/h1-8,11,13H,9-10,12,14H2. The van der Waals surface area contributed by atoms with Crippen molar-refractivity contribution in [2.45, 2.75) is 19.4 Å². The number of ether oxygens (including phenoxy) is 2. The molecule has 0 aromatic heterocycles. The number of aldehydes is 1. The fourth-order valence-corrected chi connectivity index (χ4v) is 2.15. The van der Waals surface area contributed by atoms with Gasteiger partial charge in [0.15, 0.2) is 0 Å². The molecule has 0 spiro atoms. The summed E-state index contributed by atoms with van der Waals surface area (Å²) < 4.78 is 11.4. The lowest BCUT2D eigenvalue weighted by molar-refractivity contribution is -0.114. The lowest BCUT2D eigenvalue weighted by Gasteiger charge is -2.10. The summed E-state index contributed by atoms with van der Waals surface area (Å²) in [7, 11) is 0. The predicted molar refractivity (Wildman–Crippen MR) is 80.3 cm³/mol. The monoisotopic (exact) mass is 282 g/mol. The molecular formula is C18H18O3. The van der Waals surface area contributed by atoms with E-state index in [1.807, 2.05) is 54.6 Å². The highest BCUT2D eigenvalue weighted by Crippen LogP contribution is 2.43. The zero-order valence-electron chi connectivity index (χ0n) is 11.8. The number of para-hydroxylation sites is 1. The van der Waals surface area contributed by atoms with Crippen LogP contribution in [0.15, 0.2) is 54.6 Å². The van der Waals surface area contributed by atoms with Gasteiger partial charge < -0.3 is 14.3 Å². The highest BCUT2D eigenvalue weighted by molar-refractivity contribution is 5.63. The van der Waals surface area contributed by atoms with E-state index in [-0.39, 0.29) is 5.41 Å². The maximum atomic E-state index is 10.9. The first-order valence-corrected chi connectivity index (χ1v) is 7.16. The molecule has 0 bridgehead atoms. The molecule has 0 amide bonds. The molecule has 0 heterocycles. The van der Waals surface area contributed by atoms with Crippen molar-refractivity contribution in [2.24, 2.45) is 5.41 Å². The van der Waals surface area contributed by atoms with Gasteiger partial charge >= 0.3 is 0 Å². The Morgan fingerprint density at radius 2 is 1.76 bits per heavy atom. The maximum Gasteiger partial charge on any atom is 0.128 e. The molecule has 0 aliphatic heterocycles. The van der Waals surface area contributed by atoms with Gasteiger partial charge in [-0.3, -0.25) is 0 Å². The topological polar surface area (TPSA) is 35.5 Å². The van der Waals surface area contributed by atoms with Crippen LogP contribution in [0.3, 0.4) is 0 Å². The summed E-state index contributed by atoms with van der Waals surface area (Å²) >= 11 is 0. The smallest absolute Gasteiger partial charge is 0.128 e. The predicted octanol–water partition coefficient (Wildman–Crippen LogP) is 3.97. The Bertz CT molecular complexity index is 603. The van der Waals surface area contributed by atoms with E-state index >= 15 is 0 Å². The molecule has 2 aromatic carbocycles. The first-order chi connectivity index (χ1) is 10.3. The lowest BCUT2D eigenvalue weighted by atomic mass is 10.1. The summed E-state index contributed by atoms with van der Waals surface area (Å²) in [6.07, 6.45) is 2.93. The normalized spacial score (nSPS) is 15.4. The van der Waals surface area contributed by atoms with Gasteiger partial charge in [-0.2, -0.15) is 0 Å². The number of carbonyl (C=O) groups is 1. The highest BCUT2D eigenvalue weighted by Gasteiger charge is 2.42. The van der Waals surface area contributed by atoms with E-state index in [4.69, 9.17) is 9.47 Å². The van der Waals surface area contributed by atoms with Crippen molar-refractivity contribution in [2.75, 3.05) is 6.61 Å². The highest BCUT2D eigenvalue weighted by atomic mass is 16.5. The number of benzene rings is 2. The third kappa shape index (κ3) is 3.70. The van der Waals surface area contributed by atoms with Gasteiger partial charge in [0.05, 0.1) is 13.2 Å². The molecule has 1 fully saturated rings. The first-order valence-electron chi connectivity index (χ1n) is 7.16. The van der Waals surface area contributed by atoms with Gasteiger partial charge in [-0.05, 0) is 42.7 Å². The Morgan fingerprint density at radius 3 is 2.48 bits per heavy atom. The first kappa shape index (κ1) is 13.8. The second-order valence-electron chi connectivity index (χ2n) is 5.54. The van der Waals surface area contributed by atoms with Crippen molar-refractivity contribution in [1.29, 1.82) is 0 Å². The fraction of sp³-hybridized carbons (Fsp3) is 0.278. The van der Waals surface area contributed by atoms with Gasteiger partial charge in [-0.1, -0.05) is 30.3 Å². The number of carbonyl (C=O) groups excluding carboxylic acids is 1. The quantitative estimate of drug-likeness (QED) is 0.721. The van der Waals surface area contributed by atoms with E-state index in [2.05, 4.69) is 0 Å². The van der Waals surface area contributed by atoms with Crippen LogP contribution in [-0.4, -0.2) is 12.9 Å². The molecule has 2 aromatic rings. The van der Waals surface area contributed by atoms with Crippen LogP contribution in [0.5, 0.6) is 11.5 Å². The summed E-state index contributed by atoms with van der Waals surface area (Å²) in [5, 5.41) is 0. The van der Waals surface area contributed by atoms with Crippen LogP contribution >= 0.6 is 0 Å². The van der Waals surface area contributed by atoms with Crippen LogP contribution in [0.2, 0.25) is 0 Å². The van der Waals surface area contributed by atoms with Crippen molar-refractivity contribution in [1.82, 2.24) is 0 Å². The van der Waals surface area contributed by atoms with Gasteiger partial charge in [0.1, 0.15) is 17.8 Å². The molecule has 1 saturated carbocycles. The lowest BCUT2D eigenvalue weighted by Crippen LogP contribution is -2.11. The Labute approximate surface area is 124 Å². The molecule has 3 nitrogen and oxygen atoms in total. The largest absolute Gasteiger partial charge is 0.457 e. The third-order valence-corrected chi connectivity index (χ3v) is 3.68. The number of hydrogen-bond acceptors (Lipinski definition) is 3. The minimum atomic E-state index is -0.196. The molecule has 0 saturated heterocycles.